The Bertz CT molecular complexity index is 823. The highest BCUT2D eigenvalue weighted by molar-refractivity contribution is 5.67. The highest BCUT2D eigenvalue weighted by Crippen LogP contribution is 2.67. The molecule has 0 aromatic heterocycles. The van der Waals surface area contributed by atoms with Crippen molar-refractivity contribution >= 4 is 6.09 Å². The van der Waals surface area contributed by atoms with E-state index < -0.39 is 0 Å². The second-order valence-corrected chi connectivity index (χ2v) is 15.0. The van der Waals surface area contributed by atoms with Crippen LogP contribution in [-0.4, -0.2) is 32.3 Å². The number of hydrogen-bond acceptors (Lipinski definition) is 3. The SMILES string of the molecule is CNCCCCCCNC(=O)OC1CCC2(C)C(=CCC3C2CCC2(C)C(C(C)CCCC(C)C)CCC32)C1. The Labute approximate surface area is 241 Å². The van der Waals surface area contributed by atoms with Crippen LogP contribution in [0.1, 0.15) is 131 Å². The van der Waals surface area contributed by atoms with Gasteiger partial charge in [0.25, 0.3) is 0 Å². The van der Waals surface area contributed by atoms with Gasteiger partial charge in [0.05, 0.1) is 0 Å². The Kier molecular flexibility index (Phi) is 10.9. The third-order valence-corrected chi connectivity index (χ3v) is 12.2. The predicted octanol–water partition coefficient (Wildman–Crippen LogP) is 8.90. The summed E-state index contributed by atoms with van der Waals surface area (Å²) in [6, 6.07) is 0. The molecular formula is C35H62N2O2. The van der Waals surface area contributed by atoms with Crippen molar-refractivity contribution in [2.45, 2.75) is 137 Å². The molecule has 4 aliphatic carbocycles. The Hall–Kier alpha value is -1.03. The molecule has 4 heteroatoms. The van der Waals surface area contributed by atoms with Crippen molar-refractivity contribution in [3.05, 3.63) is 11.6 Å². The summed E-state index contributed by atoms with van der Waals surface area (Å²) in [7, 11) is 2.00. The number of rotatable bonds is 13. The number of alkyl carbamates (subject to hydrolysis) is 1. The fraction of sp³-hybridized carbons (Fsp3) is 0.914. The van der Waals surface area contributed by atoms with E-state index in [0.717, 1.165) is 74.3 Å². The number of allylic oxidation sites excluding steroid dienone is 1. The van der Waals surface area contributed by atoms with Gasteiger partial charge in [-0.1, -0.05) is 78.4 Å². The molecule has 0 saturated heterocycles. The lowest BCUT2D eigenvalue weighted by Crippen LogP contribution is -2.51. The van der Waals surface area contributed by atoms with Crippen molar-refractivity contribution in [3.63, 3.8) is 0 Å². The molecule has 224 valence electrons. The zero-order valence-electron chi connectivity index (χ0n) is 26.5. The van der Waals surface area contributed by atoms with Crippen LogP contribution in [0.15, 0.2) is 11.6 Å². The average Bonchev–Trinajstić information content (AvgIpc) is 3.25. The summed E-state index contributed by atoms with van der Waals surface area (Å²) in [5, 5.41) is 6.20. The van der Waals surface area contributed by atoms with E-state index in [0.29, 0.717) is 10.8 Å². The first-order valence-corrected chi connectivity index (χ1v) is 17.0. The van der Waals surface area contributed by atoms with Gasteiger partial charge in [0.15, 0.2) is 0 Å². The van der Waals surface area contributed by atoms with Crippen LogP contribution in [0.5, 0.6) is 0 Å². The summed E-state index contributed by atoms with van der Waals surface area (Å²) in [6.45, 7) is 14.4. The molecule has 0 aromatic rings. The number of unbranched alkanes of at least 4 members (excludes halogenated alkanes) is 3. The lowest BCUT2D eigenvalue weighted by molar-refractivity contribution is -0.0581. The van der Waals surface area contributed by atoms with E-state index in [4.69, 9.17) is 4.74 Å². The van der Waals surface area contributed by atoms with E-state index in [-0.39, 0.29) is 12.2 Å². The normalized spacial score (nSPS) is 36.5. The molecule has 0 heterocycles. The number of carbonyl (C=O) groups excluding carboxylic acids is 1. The van der Waals surface area contributed by atoms with Crippen LogP contribution < -0.4 is 10.6 Å². The monoisotopic (exact) mass is 542 g/mol. The summed E-state index contributed by atoms with van der Waals surface area (Å²) >= 11 is 0. The molecule has 1 amide bonds. The minimum absolute atomic E-state index is 0.0490. The molecule has 0 aromatic carbocycles. The van der Waals surface area contributed by atoms with Gasteiger partial charge in [-0.25, -0.2) is 4.79 Å². The van der Waals surface area contributed by atoms with Crippen molar-refractivity contribution in [3.8, 4) is 0 Å². The molecule has 8 unspecified atom stereocenters. The molecule has 3 saturated carbocycles. The maximum absolute atomic E-state index is 12.5. The van der Waals surface area contributed by atoms with Gasteiger partial charge < -0.3 is 15.4 Å². The average molecular weight is 543 g/mol. The minimum Gasteiger partial charge on any atom is -0.446 e. The number of amides is 1. The van der Waals surface area contributed by atoms with Crippen molar-refractivity contribution in [2.75, 3.05) is 20.1 Å². The summed E-state index contributed by atoms with van der Waals surface area (Å²) in [5.74, 6) is 5.22. The summed E-state index contributed by atoms with van der Waals surface area (Å²) in [6.07, 6.45) is 21.5. The molecule has 4 nitrogen and oxygen atoms in total. The lowest BCUT2D eigenvalue weighted by atomic mass is 9.47. The van der Waals surface area contributed by atoms with Crippen molar-refractivity contribution in [1.82, 2.24) is 10.6 Å². The fourth-order valence-electron chi connectivity index (χ4n) is 9.92. The molecule has 2 N–H and O–H groups in total. The van der Waals surface area contributed by atoms with E-state index in [2.05, 4.69) is 51.3 Å². The van der Waals surface area contributed by atoms with Crippen LogP contribution in [0.2, 0.25) is 0 Å². The highest BCUT2D eigenvalue weighted by atomic mass is 16.6. The van der Waals surface area contributed by atoms with E-state index in [9.17, 15) is 4.79 Å². The smallest absolute Gasteiger partial charge is 0.407 e. The fourth-order valence-corrected chi connectivity index (χ4v) is 9.92. The third kappa shape index (κ3) is 7.07. The molecule has 4 rings (SSSR count). The Morgan fingerprint density at radius 2 is 1.72 bits per heavy atom. The number of hydrogen-bond donors (Lipinski definition) is 2. The van der Waals surface area contributed by atoms with Crippen molar-refractivity contribution in [2.24, 2.45) is 46.3 Å². The van der Waals surface area contributed by atoms with Gasteiger partial charge in [-0.05, 0) is 118 Å². The van der Waals surface area contributed by atoms with Gasteiger partial charge in [0.1, 0.15) is 6.10 Å². The number of ether oxygens (including phenoxy) is 1. The Morgan fingerprint density at radius 3 is 2.46 bits per heavy atom. The van der Waals surface area contributed by atoms with E-state index in [1.165, 1.54) is 70.6 Å². The van der Waals surface area contributed by atoms with Crippen molar-refractivity contribution < 1.29 is 9.53 Å². The Balaban J connectivity index is 1.29. The van der Waals surface area contributed by atoms with E-state index in [1.807, 2.05) is 7.05 Å². The van der Waals surface area contributed by atoms with Crippen molar-refractivity contribution in [1.29, 1.82) is 0 Å². The quantitative estimate of drug-likeness (QED) is 0.180. The highest BCUT2D eigenvalue weighted by Gasteiger charge is 2.59. The van der Waals surface area contributed by atoms with E-state index in [1.54, 1.807) is 5.57 Å². The van der Waals surface area contributed by atoms with Crippen LogP contribution >= 0.6 is 0 Å². The summed E-state index contributed by atoms with van der Waals surface area (Å²) in [4.78, 5) is 12.5. The number of fused-ring (bicyclic) bond motifs is 5. The summed E-state index contributed by atoms with van der Waals surface area (Å²) < 4.78 is 5.94. The number of carbonyl (C=O) groups is 1. The molecular weight excluding hydrogens is 480 g/mol. The molecule has 0 bridgehead atoms. The largest absolute Gasteiger partial charge is 0.446 e. The zero-order chi connectivity index (χ0) is 28.0. The van der Waals surface area contributed by atoms with Gasteiger partial charge in [-0.3, -0.25) is 0 Å². The molecule has 0 spiro atoms. The van der Waals surface area contributed by atoms with Gasteiger partial charge in [0.2, 0.25) is 0 Å². The topological polar surface area (TPSA) is 50.4 Å². The predicted molar refractivity (Wildman–Crippen MR) is 164 cm³/mol. The Morgan fingerprint density at radius 1 is 0.949 bits per heavy atom. The van der Waals surface area contributed by atoms with Crippen LogP contribution in [0, 0.1) is 46.3 Å². The van der Waals surface area contributed by atoms with Gasteiger partial charge in [0, 0.05) is 13.0 Å². The maximum Gasteiger partial charge on any atom is 0.407 e. The summed E-state index contributed by atoms with van der Waals surface area (Å²) in [5.41, 5.74) is 2.47. The molecule has 8 atom stereocenters. The first-order valence-electron chi connectivity index (χ1n) is 17.0. The maximum atomic E-state index is 12.5. The first kappa shape index (κ1) is 30.9. The minimum atomic E-state index is -0.207. The molecule has 0 aliphatic heterocycles. The van der Waals surface area contributed by atoms with Gasteiger partial charge in [-0.15, -0.1) is 0 Å². The molecule has 3 fully saturated rings. The van der Waals surface area contributed by atoms with Crippen LogP contribution in [0.25, 0.3) is 0 Å². The number of nitrogens with one attached hydrogen (secondary N) is 2. The first-order chi connectivity index (χ1) is 18.7. The van der Waals surface area contributed by atoms with Gasteiger partial charge in [-0.2, -0.15) is 0 Å². The van der Waals surface area contributed by atoms with E-state index >= 15 is 0 Å². The van der Waals surface area contributed by atoms with Crippen LogP contribution in [-0.2, 0) is 4.74 Å². The van der Waals surface area contributed by atoms with Crippen LogP contribution in [0.4, 0.5) is 4.79 Å². The molecule has 0 radical (unpaired) electrons. The second kappa shape index (κ2) is 13.8. The van der Waals surface area contributed by atoms with Gasteiger partial charge >= 0.3 is 6.09 Å². The second-order valence-electron chi connectivity index (χ2n) is 15.0. The third-order valence-electron chi connectivity index (χ3n) is 12.2. The lowest BCUT2D eigenvalue weighted by Gasteiger charge is -2.58. The standard InChI is InChI=1S/C35H62N2O2/c1-25(2)12-11-13-26(3)30-16-17-31-29-15-14-27-24-28(39-33(38)37-23-10-8-7-9-22-36-6)18-20-34(27,4)32(29)19-21-35(30,31)5/h14,25-26,28-32,36H,7-13,15-24H2,1-6H3,(H,37,38). The zero-order valence-corrected chi connectivity index (χ0v) is 26.5. The van der Waals surface area contributed by atoms with Crippen LogP contribution in [0.3, 0.4) is 0 Å². The molecule has 39 heavy (non-hydrogen) atoms. The molecule has 4 aliphatic rings.